The first-order valence-electron chi connectivity index (χ1n) is 12.2. The molecule has 0 amide bonds. The highest BCUT2D eigenvalue weighted by atomic mass is 19.1. The maximum Gasteiger partial charge on any atom is 0.326 e. The van der Waals surface area contributed by atoms with Gasteiger partial charge in [0.15, 0.2) is 5.60 Å². The largest absolute Gasteiger partial charge is 0.379 e. The van der Waals surface area contributed by atoms with Crippen LogP contribution in [-0.2, 0) is 10.4 Å². The number of rotatable bonds is 5. The van der Waals surface area contributed by atoms with E-state index >= 15 is 0 Å². The van der Waals surface area contributed by atoms with E-state index in [1.807, 2.05) is 28.8 Å². The number of hydrogen-bond acceptors (Lipinski definition) is 4. The summed E-state index contributed by atoms with van der Waals surface area (Å²) in [7, 11) is 0. The van der Waals surface area contributed by atoms with Crippen molar-refractivity contribution in [2.24, 2.45) is 5.16 Å². The van der Waals surface area contributed by atoms with E-state index in [0.717, 1.165) is 53.8 Å². The zero-order valence-electron chi connectivity index (χ0n) is 19.7. The van der Waals surface area contributed by atoms with Gasteiger partial charge in [0.25, 0.3) is 0 Å². The molecule has 0 bridgehead atoms. The molecule has 0 radical (unpaired) electrons. The normalized spacial score (nSPS) is 18.3. The Morgan fingerprint density at radius 1 is 0.917 bits per heavy atom. The Labute approximate surface area is 206 Å². The Kier molecular flexibility index (Phi) is 5.68. The summed E-state index contributed by atoms with van der Waals surface area (Å²) >= 11 is 0. The van der Waals surface area contributed by atoms with E-state index < -0.39 is 5.60 Å². The number of benzene rings is 3. The molecule has 184 valence electrons. The molecule has 2 aliphatic heterocycles. The van der Waals surface area contributed by atoms with Crippen LogP contribution in [0, 0.1) is 11.6 Å². The Morgan fingerprint density at radius 3 is 2.17 bits per heavy atom. The minimum Gasteiger partial charge on any atom is -0.379 e. The number of nitrogens with zero attached hydrogens (tertiary/aromatic N) is 3. The Morgan fingerprint density at radius 2 is 1.53 bits per heavy atom. The first kappa shape index (κ1) is 22.7. The zero-order chi connectivity index (χ0) is 24.7. The van der Waals surface area contributed by atoms with Crippen LogP contribution in [0.3, 0.4) is 0 Å². The average molecular weight is 489 g/mol. The molecule has 6 nitrogen and oxygen atoms in total. The van der Waals surface area contributed by atoms with Gasteiger partial charge in [0.2, 0.25) is 0 Å². The molecular weight excluding hydrogens is 462 g/mol. The van der Waals surface area contributed by atoms with E-state index in [2.05, 4.69) is 15.0 Å². The minimum atomic E-state index is -0.924. The summed E-state index contributed by atoms with van der Waals surface area (Å²) < 4.78 is 29.2. The van der Waals surface area contributed by atoms with Crippen molar-refractivity contribution in [2.45, 2.75) is 30.9 Å². The van der Waals surface area contributed by atoms with Crippen LogP contribution in [0.25, 0.3) is 11.0 Å². The number of aromatic nitrogens is 2. The number of oxime groups is 1. The number of para-hydroxylation sites is 2. The van der Waals surface area contributed by atoms with Crippen LogP contribution in [0.15, 0.2) is 82.7 Å². The monoisotopic (exact) mass is 488 g/mol. The van der Waals surface area contributed by atoms with Gasteiger partial charge in [-0.15, -0.1) is 0 Å². The van der Waals surface area contributed by atoms with E-state index in [0.29, 0.717) is 13.0 Å². The number of nitrogens with one attached hydrogen (secondary N) is 1. The molecule has 8 heteroatoms. The molecule has 0 spiro atoms. The van der Waals surface area contributed by atoms with Crippen molar-refractivity contribution in [3.63, 3.8) is 0 Å². The number of likely N-dealkylation sites (tertiary alicyclic amines) is 1. The number of hydrogen-bond donors (Lipinski definition) is 1. The van der Waals surface area contributed by atoms with Crippen LogP contribution >= 0.6 is 0 Å². The molecular formula is C28H26F2N4O2. The highest BCUT2D eigenvalue weighted by Crippen LogP contribution is 2.41. The molecule has 0 unspecified atom stereocenters. The zero-order valence-corrected chi connectivity index (χ0v) is 19.7. The van der Waals surface area contributed by atoms with Crippen LogP contribution in [0.5, 0.6) is 0 Å². The van der Waals surface area contributed by atoms with Gasteiger partial charge in [0.05, 0.1) is 16.7 Å². The summed E-state index contributed by atoms with van der Waals surface area (Å²) in [5, 5.41) is 4.43. The van der Waals surface area contributed by atoms with Gasteiger partial charge >= 0.3 is 5.69 Å². The maximum absolute atomic E-state index is 13.6. The van der Waals surface area contributed by atoms with Gasteiger partial charge in [-0.2, -0.15) is 0 Å². The molecule has 0 atom stereocenters. The van der Waals surface area contributed by atoms with E-state index in [4.69, 9.17) is 4.84 Å². The fraction of sp³-hybridized carbons (Fsp3) is 0.286. The molecule has 4 aromatic rings. The Hall–Kier alpha value is -3.78. The van der Waals surface area contributed by atoms with E-state index in [1.165, 1.54) is 24.3 Å². The van der Waals surface area contributed by atoms with Gasteiger partial charge < -0.3 is 9.82 Å². The van der Waals surface area contributed by atoms with Crippen LogP contribution < -0.4 is 5.69 Å². The van der Waals surface area contributed by atoms with Crippen LogP contribution in [0.1, 0.15) is 36.4 Å². The first-order valence-corrected chi connectivity index (χ1v) is 12.2. The fourth-order valence-electron chi connectivity index (χ4n) is 5.52. The third-order valence-electron chi connectivity index (χ3n) is 7.36. The molecule has 1 saturated heterocycles. The van der Waals surface area contributed by atoms with E-state index in [-0.39, 0.29) is 23.4 Å². The molecule has 3 heterocycles. The summed E-state index contributed by atoms with van der Waals surface area (Å²) in [5.41, 5.74) is 3.24. The molecule has 6 rings (SSSR count). The summed E-state index contributed by atoms with van der Waals surface area (Å²) in [6.07, 6.45) is 2.21. The minimum absolute atomic E-state index is 0.0633. The van der Waals surface area contributed by atoms with Crippen molar-refractivity contribution in [3.8, 4) is 0 Å². The smallest absolute Gasteiger partial charge is 0.326 e. The quantitative estimate of drug-likeness (QED) is 0.432. The fourth-order valence-corrected chi connectivity index (χ4v) is 5.52. The van der Waals surface area contributed by atoms with Gasteiger partial charge in [0.1, 0.15) is 11.6 Å². The summed E-state index contributed by atoms with van der Waals surface area (Å²) in [6.45, 7) is 2.30. The Bertz CT molecular complexity index is 1420. The standard InChI is InChI=1S/C28H26F2N4O2/c29-21-9-5-19(6-10-21)28(20-7-11-22(30)12-8-20)17-23(32-36-28)18-33-15-13-24(14-16-33)34-26-4-2-1-3-25(26)31-27(34)35/h1-12,24H,13-18H2,(H,31,35). The van der Waals surface area contributed by atoms with Gasteiger partial charge in [0, 0.05) is 43.2 Å². The first-order chi connectivity index (χ1) is 17.5. The van der Waals surface area contributed by atoms with Gasteiger partial charge in [-0.25, -0.2) is 13.6 Å². The number of aromatic amines is 1. The molecule has 1 fully saturated rings. The number of halogens is 2. The van der Waals surface area contributed by atoms with Crippen molar-refractivity contribution in [1.82, 2.24) is 14.5 Å². The van der Waals surface area contributed by atoms with Crippen LogP contribution in [0.4, 0.5) is 8.78 Å². The molecule has 3 aromatic carbocycles. The van der Waals surface area contributed by atoms with Crippen molar-refractivity contribution < 1.29 is 13.6 Å². The lowest BCUT2D eigenvalue weighted by atomic mass is 9.82. The molecule has 36 heavy (non-hydrogen) atoms. The summed E-state index contributed by atoms with van der Waals surface area (Å²) in [5.74, 6) is -0.659. The van der Waals surface area contributed by atoms with E-state index in [9.17, 15) is 13.6 Å². The number of fused-ring (bicyclic) bond motifs is 1. The predicted molar refractivity (Wildman–Crippen MR) is 134 cm³/mol. The van der Waals surface area contributed by atoms with Gasteiger partial charge in [-0.1, -0.05) is 41.6 Å². The Balaban J connectivity index is 1.17. The summed E-state index contributed by atoms with van der Waals surface area (Å²) in [6, 6.07) is 20.3. The molecule has 0 aliphatic carbocycles. The van der Waals surface area contributed by atoms with Gasteiger partial charge in [-0.3, -0.25) is 9.47 Å². The lowest BCUT2D eigenvalue weighted by Gasteiger charge is -2.32. The van der Waals surface area contributed by atoms with Crippen LogP contribution in [-0.4, -0.2) is 39.8 Å². The summed E-state index contributed by atoms with van der Waals surface area (Å²) in [4.78, 5) is 23.9. The second-order valence-corrected chi connectivity index (χ2v) is 9.59. The maximum atomic E-state index is 13.6. The second-order valence-electron chi connectivity index (χ2n) is 9.59. The second kappa shape index (κ2) is 9.02. The molecule has 1 aromatic heterocycles. The molecule has 0 saturated carbocycles. The van der Waals surface area contributed by atoms with Crippen molar-refractivity contribution in [2.75, 3.05) is 19.6 Å². The van der Waals surface area contributed by atoms with Crippen molar-refractivity contribution >= 4 is 16.7 Å². The topological polar surface area (TPSA) is 62.6 Å². The average Bonchev–Trinajstić information content (AvgIpc) is 3.46. The highest BCUT2D eigenvalue weighted by molar-refractivity contribution is 5.89. The number of imidazole rings is 1. The SMILES string of the molecule is O=c1[nH]c2ccccc2n1C1CCN(CC2=NOC(c3ccc(F)cc3)(c3ccc(F)cc3)C2)CC1. The number of H-pyrrole nitrogens is 1. The molecule has 1 N–H and O–H groups in total. The lowest BCUT2D eigenvalue weighted by Crippen LogP contribution is -2.40. The number of piperidine rings is 1. The third kappa shape index (κ3) is 4.01. The third-order valence-corrected chi connectivity index (χ3v) is 7.36. The predicted octanol–water partition coefficient (Wildman–Crippen LogP) is 4.96. The van der Waals surface area contributed by atoms with Crippen molar-refractivity contribution in [3.05, 3.63) is 106 Å². The van der Waals surface area contributed by atoms with E-state index in [1.54, 1.807) is 24.3 Å². The lowest BCUT2D eigenvalue weighted by molar-refractivity contribution is 0.0111. The molecule has 2 aliphatic rings. The van der Waals surface area contributed by atoms with Crippen molar-refractivity contribution in [1.29, 1.82) is 0 Å². The van der Waals surface area contributed by atoms with Crippen LogP contribution in [0.2, 0.25) is 0 Å². The van der Waals surface area contributed by atoms with Gasteiger partial charge in [-0.05, 0) is 49.2 Å². The highest BCUT2D eigenvalue weighted by Gasteiger charge is 2.43.